The molecule has 3 atom stereocenters. The van der Waals surface area contributed by atoms with E-state index in [-0.39, 0.29) is 24.2 Å². The summed E-state index contributed by atoms with van der Waals surface area (Å²) in [6.07, 6.45) is 0.435. The van der Waals surface area contributed by atoms with E-state index in [4.69, 9.17) is 4.74 Å². The van der Waals surface area contributed by atoms with Crippen LogP contribution in [0, 0.1) is 11.8 Å². The highest BCUT2D eigenvalue weighted by Crippen LogP contribution is 2.11. The minimum Gasteiger partial charge on any atom is -0.452 e. The molecule has 1 heterocycles. The van der Waals surface area contributed by atoms with Crippen LogP contribution in [0.3, 0.4) is 0 Å². The predicted octanol–water partition coefficient (Wildman–Crippen LogP) is 0.890. The Hall–Kier alpha value is -2.12. The van der Waals surface area contributed by atoms with Gasteiger partial charge in [0.05, 0.1) is 0 Å². The minimum atomic E-state index is -0.934. The van der Waals surface area contributed by atoms with Crippen molar-refractivity contribution >= 4 is 23.7 Å². The Bertz CT molecular complexity index is 547. The zero-order valence-corrected chi connectivity index (χ0v) is 17.0. The van der Waals surface area contributed by atoms with E-state index in [1.165, 1.54) is 6.92 Å². The van der Waals surface area contributed by atoms with Gasteiger partial charge in [0.2, 0.25) is 11.8 Å². The van der Waals surface area contributed by atoms with Crippen molar-refractivity contribution in [2.45, 2.75) is 78.5 Å². The number of esters is 1. The van der Waals surface area contributed by atoms with Gasteiger partial charge < -0.3 is 20.7 Å². The molecule has 0 aromatic rings. The van der Waals surface area contributed by atoms with Gasteiger partial charge in [0, 0.05) is 13.0 Å². The first-order valence-corrected chi connectivity index (χ1v) is 9.68. The Morgan fingerprint density at radius 1 is 0.926 bits per heavy atom. The average molecular weight is 383 g/mol. The number of ether oxygens (including phenoxy) is 1. The Labute approximate surface area is 161 Å². The van der Waals surface area contributed by atoms with Gasteiger partial charge in [-0.3, -0.25) is 19.2 Å². The second-order valence-corrected chi connectivity index (χ2v) is 7.92. The molecular formula is C19H33N3O5. The monoisotopic (exact) mass is 383 g/mol. The number of amides is 3. The van der Waals surface area contributed by atoms with Crippen LogP contribution in [0.2, 0.25) is 0 Å². The van der Waals surface area contributed by atoms with Crippen LogP contribution in [0.5, 0.6) is 0 Å². The molecule has 0 radical (unpaired) electrons. The molecule has 0 aliphatic carbocycles. The van der Waals surface area contributed by atoms with Crippen LogP contribution < -0.4 is 16.0 Å². The number of nitrogens with one attached hydrogen (secondary N) is 3. The van der Waals surface area contributed by atoms with E-state index in [1.807, 2.05) is 27.7 Å². The van der Waals surface area contributed by atoms with Crippen molar-refractivity contribution in [2.75, 3.05) is 6.54 Å². The molecule has 1 saturated heterocycles. The number of hydrogen-bond donors (Lipinski definition) is 3. The quantitative estimate of drug-likeness (QED) is 0.624. The van der Waals surface area contributed by atoms with Gasteiger partial charge in [0.25, 0.3) is 5.91 Å². The molecule has 0 aromatic heterocycles. The highest BCUT2D eigenvalue weighted by molar-refractivity contribution is 5.93. The molecule has 8 nitrogen and oxygen atoms in total. The third-order valence-electron chi connectivity index (χ3n) is 4.20. The molecule has 0 spiro atoms. The van der Waals surface area contributed by atoms with E-state index in [1.54, 1.807) is 0 Å². The van der Waals surface area contributed by atoms with Gasteiger partial charge in [-0.05, 0) is 38.0 Å². The standard InChI is InChI=1S/C19H33N3O5/c1-11(2)9-14-18(25)20-8-6-7-16(23)27-15(10-12(3)4)19(26)21-13(5)17(24)22-14/h11-15H,6-10H2,1-5H3,(H,20,25)(H,21,26)(H,22,24)/t13-,14-,15+/m0/s1. The molecule has 0 bridgehead atoms. The van der Waals surface area contributed by atoms with E-state index in [0.717, 1.165) is 0 Å². The Balaban J connectivity index is 2.96. The molecule has 3 amide bonds. The summed E-state index contributed by atoms with van der Waals surface area (Å²) in [6, 6.07) is -1.53. The van der Waals surface area contributed by atoms with Crippen molar-refractivity contribution in [3.63, 3.8) is 0 Å². The Morgan fingerprint density at radius 2 is 1.56 bits per heavy atom. The first-order chi connectivity index (χ1) is 12.6. The topological polar surface area (TPSA) is 114 Å². The summed E-state index contributed by atoms with van der Waals surface area (Å²) >= 11 is 0. The Morgan fingerprint density at radius 3 is 2.15 bits per heavy atom. The molecule has 3 N–H and O–H groups in total. The van der Waals surface area contributed by atoms with E-state index in [2.05, 4.69) is 16.0 Å². The number of carbonyl (C=O) groups excluding carboxylic acids is 4. The zero-order valence-electron chi connectivity index (χ0n) is 17.0. The van der Waals surface area contributed by atoms with Crippen molar-refractivity contribution in [2.24, 2.45) is 11.8 Å². The predicted molar refractivity (Wildman–Crippen MR) is 101 cm³/mol. The third kappa shape index (κ3) is 8.41. The summed E-state index contributed by atoms with van der Waals surface area (Å²) in [4.78, 5) is 49.3. The highest BCUT2D eigenvalue weighted by Gasteiger charge is 2.29. The van der Waals surface area contributed by atoms with Gasteiger partial charge in [0.15, 0.2) is 6.10 Å². The van der Waals surface area contributed by atoms with E-state index < -0.39 is 36.0 Å². The maximum Gasteiger partial charge on any atom is 0.306 e. The van der Waals surface area contributed by atoms with Crippen LogP contribution >= 0.6 is 0 Å². The van der Waals surface area contributed by atoms with Gasteiger partial charge in [-0.1, -0.05) is 27.7 Å². The van der Waals surface area contributed by atoms with Gasteiger partial charge >= 0.3 is 5.97 Å². The van der Waals surface area contributed by atoms with E-state index >= 15 is 0 Å². The number of hydrogen-bond acceptors (Lipinski definition) is 5. The van der Waals surface area contributed by atoms with Crippen molar-refractivity contribution < 1.29 is 23.9 Å². The maximum atomic E-state index is 12.5. The minimum absolute atomic E-state index is 0.110. The van der Waals surface area contributed by atoms with Gasteiger partial charge in [0.1, 0.15) is 12.1 Å². The third-order valence-corrected chi connectivity index (χ3v) is 4.20. The summed E-state index contributed by atoms with van der Waals surface area (Å²) in [5.41, 5.74) is 0. The van der Waals surface area contributed by atoms with Crippen LogP contribution in [-0.2, 0) is 23.9 Å². The fourth-order valence-corrected chi connectivity index (χ4v) is 2.79. The molecule has 154 valence electrons. The fraction of sp³-hybridized carbons (Fsp3) is 0.789. The van der Waals surface area contributed by atoms with Gasteiger partial charge in [-0.15, -0.1) is 0 Å². The first-order valence-electron chi connectivity index (χ1n) is 9.68. The molecule has 1 rings (SSSR count). The van der Waals surface area contributed by atoms with Crippen molar-refractivity contribution in [1.29, 1.82) is 0 Å². The molecule has 8 heteroatoms. The lowest BCUT2D eigenvalue weighted by atomic mass is 10.0. The molecule has 0 aromatic carbocycles. The normalized spacial score (nSPS) is 26.1. The zero-order chi connectivity index (χ0) is 20.6. The van der Waals surface area contributed by atoms with Gasteiger partial charge in [-0.25, -0.2) is 0 Å². The second kappa shape index (κ2) is 10.9. The maximum absolute atomic E-state index is 12.5. The van der Waals surface area contributed by atoms with E-state index in [0.29, 0.717) is 25.8 Å². The lowest BCUT2D eigenvalue weighted by Crippen LogP contribution is -2.54. The van der Waals surface area contributed by atoms with Crippen molar-refractivity contribution in [1.82, 2.24) is 16.0 Å². The molecule has 1 fully saturated rings. The number of rotatable bonds is 4. The van der Waals surface area contributed by atoms with Crippen LogP contribution in [0.15, 0.2) is 0 Å². The van der Waals surface area contributed by atoms with Crippen LogP contribution in [0.1, 0.15) is 60.3 Å². The molecule has 0 saturated carbocycles. The lowest BCUT2D eigenvalue weighted by Gasteiger charge is -2.25. The molecule has 27 heavy (non-hydrogen) atoms. The lowest BCUT2D eigenvalue weighted by molar-refractivity contribution is -0.157. The number of carbonyl (C=O) groups is 4. The number of cyclic esters (lactones) is 1. The van der Waals surface area contributed by atoms with Gasteiger partial charge in [-0.2, -0.15) is 0 Å². The highest BCUT2D eigenvalue weighted by atomic mass is 16.5. The van der Waals surface area contributed by atoms with Crippen LogP contribution in [-0.4, -0.2) is 48.4 Å². The second-order valence-electron chi connectivity index (χ2n) is 7.92. The Kier molecular flexibility index (Phi) is 9.25. The van der Waals surface area contributed by atoms with Crippen LogP contribution in [0.25, 0.3) is 0 Å². The summed E-state index contributed by atoms with van der Waals surface area (Å²) in [5.74, 6) is -1.38. The smallest absolute Gasteiger partial charge is 0.306 e. The first kappa shape index (κ1) is 22.9. The molecule has 0 unspecified atom stereocenters. The average Bonchev–Trinajstić information content (AvgIpc) is 2.55. The van der Waals surface area contributed by atoms with Crippen LogP contribution in [0.4, 0.5) is 0 Å². The molecule has 1 aliphatic rings. The summed E-state index contributed by atoms with van der Waals surface area (Å²) < 4.78 is 5.31. The molecular weight excluding hydrogens is 350 g/mol. The fourth-order valence-electron chi connectivity index (χ4n) is 2.79. The van der Waals surface area contributed by atoms with Crippen molar-refractivity contribution in [3.05, 3.63) is 0 Å². The van der Waals surface area contributed by atoms with Crippen molar-refractivity contribution in [3.8, 4) is 0 Å². The van der Waals surface area contributed by atoms with E-state index in [9.17, 15) is 19.2 Å². The summed E-state index contributed by atoms with van der Waals surface area (Å²) in [5, 5.41) is 8.05. The largest absolute Gasteiger partial charge is 0.452 e. The summed E-state index contributed by atoms with van der Waals surface area (Å²) in [7, 11) is 0. The summed E-state index contributed by atoms with van der Waals surface area (Å²) in [6.45, 7) is 9.61. The SMILES string of the molecule is CC(C)C[C@@H]1NC(=O)[C@H](C)NC(=O)[C@@H](CC(C)C)OC(=O)CCCNC1=O. The molecule has 1 aliphatic heterocycles.